The molecule has 2 rings (SSSR count). The lowest BCUT2D eigenvalue weighted by Crippen LogP contribution is -2.15. The van der Waals surface area contributed by atoms with E-state index in [1.807, 2.05) is 0 Å². The molecule has 1 aromatic heterocycles. The SMILES string of the molecule is CCOC(=O)C1CCc2sc(CC(F)(F)F)nc21. The van der Waals surface area contributed by atoms with Crippen LogP contribution in [-0.4, -0.2) is 23.7 Å². The maximum atomic E-state index is 12.3. The van der Waals surface area contributed by atoms with Crippen molar-refractivity contribution in [2.45, 2.75) is 38.3 Å². The van der Waals surface area contributed by atoms with Gasteiger partial charge in [0, 0.05) is 4.88 Å². The Morgan fingerprint density at radius 3 is 2.89 bits per heavy atom. The molecule has 0 aromatic carbocycles. The topological polar surface area (TPSA) is 39.2 Å². The lowest BCUT2D eigenvalue weighted by molar-refractivity contribution is -0.145. The first-order chi connectivity index (χ1) is 8.40. The summed E-state index contributed by atoms with van der Waals surface area (Å²) in [4.78, 5) is 16.4. The number of halogens is 3. The normalized spacial score (nSPS) is 18.8. The quantitative estimate of drug-likeness (QED) is 0.799. The zero-order valence-corrected chi connectivity index (χ0v) is 10.5. The molecule has 0 radical (unpaired) electrons. The fourth-order valence-electron chi connectivity index (χ4n) is 2.00. The minimum Gasteiger partial charge on any atom is -0.465 e. The predicted octanol–water partition coefficient (Wildman–Crippen LogP) is 2.84. The van der Waals surface area contributed by atoms with Crippen LogP contribution in [-0.2, 0) is 22.4 Å². The van der Waals surface area contributed by atoms with E-state index in [4.69, 9.17) is 4.74 Å². The summed E-state index contributed by atoms with van der Waals surface area (Å²) in [6.45, 7) is 1.97. The van der Waals surface area contributed by atoms with Crippen molar-refractivity contribution in [2.75, 3.05) is 6.61 Å². The van der Waals surface area contributed by atoms with Crippen molar-refractivity contribution >= 4 is 17.3 Å². The number of hydrogen-bond acceptors (Lipinski definition) is 4. The lowest BCUT2D eigenvalue weighted by Gasteiger charge is -2.08. The molecule has 1 unspecified atom stereocenters. The van der Waals surface area contributed by atoms with Crippen LogP contribution < -0.4 is 0 Å². The summed E-state index contributed by atoms with van der Waals surface area (Å²) in [6.07, 6.45) is -4.10. The van der Waals surface area contributed by atoms with Crippen LogP contribution >= 0.6 is 11.3 Å². The number of fused-ring (bicyclic) bond motifs is 1. The molecule has 0 saturated carbocycles. The molecule has 1 heterocycles. The molecule has 0 amide bonds. The summed E-state index contributed by atoms with van der Waals surface area (Å²) >= 11 is 1.05. The number of hydrogen-bond donors (Lipinski definition) is 0. The van der Waals surface area contributed by atoms with Crippen molar-refractivity contribution in [3.63, 3.8) is 0 Å². The van der Waals surface area contributed by atoms with E-state index >= 15 is 0 Å². The van der Waals surface area contributed by atoms with Crippen molar-refractivity contribution < 1.29 is 22.7 Å². The Morgan fingerprint density at radius 1 is 1.56 bits per heavy atom. The second-order valence-electron chi connectivity index (χ2n) is 4.05. The largest absolute Gasteiger partial charge is 0.465 e. The van der Waals surface area contributed by atoms with Gasteiger partial charge in [0.1, 0.15) is 10.9 Å². The van der Waals surface area contributed by atoms with Crippen LogP contribution in [0, 0.1) is 0 Å². The van der Waals surface area contributed by atoms with E-state index in [1.54, 1.807) is 6.92 Å². The Balaban J connectivity index is 2.15. The molecular formula is C11H12F3NO2S. The molecule has 0 fully saturated rings. The van der Waals surface area contributed by atoms with Crippen LogP contribution in [0.15, 0.2) is 0 Å². The highest BCUT2D eigenvalue weighted by Gasteiger charge is 2.36. The molecule has 0 spiro atoms. The van der Waals surface area contributed by atoms with Crippen molar-refractivity contribution in [1.29, 1.82) is 0 Å². The van der Waals surface area contributed by atoms with E-state index in [0.29, 0.717) is 18.5 Å². The number of aryl methyl sites for hydroxylation is 1. The van der Waals surface area contributed by atoms with Crippen molar-refractivity contribution in [3.05, 3.63) is 15.6 Å². The zero-order chi connectivity index (χ0) is 13.3. The van der Waals surface area contributed by atoms with Crippen molar-refractivity contribution in [3.8, 4) is 0 Å². The maximum Gasteiger partial charge on any atom is 0.395 e. The second-order valence-corrected chi connectivity index (χ2v) is 5.22. The Hall–Kier alpha value is -1.11. The van der Waals surface area contributed by atoms with Crippen molar-refractivity contribution in [2.24, 2.45) is 0 Å². The van der Waals surface area contributed by atoms with E-state index < -0.39 is 18.5 Å². The summed E-state index contributed by atoms with van der Waals surface area (Å²) < 4.78 is 41.7. The van der Waals surface area contributed by atoms with Gasteiger partial charge in [-0.15, -0.1) is 11.3 Å². The van der Waals surface area contributed by atoms with Crippen LogP contribution in [0.25, 0.3) is 0 Å². The highest BCUT2D eigenvalue weighted by molar-refractivity contribution is 7.11. The van der Waals surface area contributed by atoms with Crippen LogP contribution in [0.3, 0.4) is 0 Å². The molecule has 1 aliphatic rings. The Labute approximate surface area is 106 Å². The van der Waals surface area contributed by atoms with Gasteiger partial charge in [0.15, 0.2) is 0 Å². The molecule has 1 atom stereocenters. The van der Waals surface area contributed by atoms with Crippen LogP contribution in [0.2, 0.25) is 0 Å². The third kappa shape index (κ3) is 2.82. The first-order valence-corrected chi connectivity index (χ1v) is 6.44. The van der Waals surface area contributed by atoms with Crippen molar-refractivity contribution in [1.82, 2.24) is 4.98 Å². The van der Waals surface area contributed by atoms with E-state index in [1.165, 1.54) is 0 Å². The molecular weight excluding hydrogens is 267 g/mol. The van der Waals surface area contributed by atoms with Crippen LogP contribution in [0.1, 0.15) is 34.8 Å². The molecule has 1 aromatic rings. The highest BCUT2D eigenvalue weighted by atomic mass is 32.1. The summed E-state index contributed by atoms with van der Waals surface area (Å²) in [6, 6.07) is 0. The van der Waals surface area contributed by atoms with E-state index in [0.717, 1.165) is 16.2 Å². The molecule has 1 aliphatic carbocycles. The Kier molecular flexibility index (Phi) is 3.61. The molecule has 18 heavy (non-hydrogen) atoms. The average Bonchev–Trinajstić information content (AvgIpc) is 2.73. The van der Waals surface area contributed by atoms with E-state index in [9.17, 15) is 18.0 Å². The van der Waals surface area contributed by atoms with Gasteiger partial charge in [0.05, 0.1) is 18.7 Å². The molecule has 3 nitrogen and oxygen atoms in total. The number of nitrogens with zero attached hydrogens (tertiary/aromatic N) is 1. The smallest absolute Gasteiger partial charge is 0.395 e. The number of thiazole rings is 1. The molecule has 7 heteroatoms. The van der Waals surface area contributed by atoms with Gasteiger partial charge >= 0.3 is 12.1 Å². The molecule has 0 saturated heterocycles. The number of alkyl halides is 3. The van der Waals surface area contributed by atoms with E-state index in [2.05, 4.69) is 4.98 Å². The Morgan fingerprint density at radius 2 is 2.28 bits per heavy atom. The summed E-state index contributed by atoms with van der Waals surface area (Å²) in [5, 5.41) is 0.0292. The number of carbonyl (C=O) groups is 1. The first kappa shape index (κ1) is 13.3. The van der Waals surface area contributed by atoms with Gasteiger partial charge < -0.3 is 4.74 Å². The monoisotopic (exact) mass is 279 g/mol. The molecule has 0 aliphatic heterocycles. The number of carbonyl (C=O) groups excluding carboxylic acids is 1. The van der Waals surface area contributed by atoms with Gasteiger partial charge in [-0.1, -0.05) is 0 Å². The maximum absolute atomic E-state index is 12.3. The summed E-state index contributed by atoms with van der Waals surface area (Å²) in [7, 11) is 0. The van der Waals surface area contributed by atoms with Gasteiger partial charge in [-0.3, -0.25) is 4.79 Å². The highest BCUT2D eigenvalue weighted by Crippen LogP contribution is 2.38. The number of ether oxygens (including phenoxy) is 1. The third-order valence-corrected chi connectivity index (χ3v) is 3.82. The fourth-order valence-corrected chi connectivity index (χ4v) is 3.17. The van der Waals surface area contributed by atoms with Gasteiger partial charge in [0.25, 0.3) is 0 Å². The summed E-state index contributed by atoms with van der Waals surface area (Å²) in [5.74, 6) is -0.877. The van der Waals surface area contributed by atoms with E-state index in [-0.39, 0.29) is 17.6 Å². The standard InChI is InChI=1S/C11H12F3NO2S/c1-2-17-10(16)6-3-4-7-9(6)15-8(18-7)5-11(12,13)14/h6H,2-5H2,1H3. The number of aromatic nitrogens is 1. The fraction of sp³-hybridized carbons (Fsp3) is 0.636. The van der Waals surface area contributed by atoms with Crippen LogP contribution in [0.5, 0.6) is 0 Å². The average molecular weight is 279 g/mol. The van der Waals surface area contributed by atoms with Gasteiger partial charge in [-0.2, -0.15) is 13.2 Å². The minimum absolute atomic E-state index is 0.0292. The predicted molar refractivity (Wildman–Crippen MR) is 59.6 cm³/mol. The number of rotatable bonds is 3. The van der Waals surface area contributed by atoms with Gasteiger partial charge in [0.2, 0.25) is 0 Å². The molecule has 0 bridgehead atoms. The minimum atomic E-state index is -4.26. The zero-order valence-electron chi connectivity index (χ0n) is 9.71. The molecule has 100 valence electrons. The second kappa shape index (κ2) is 4.87. The first-order valence-electron chi connectivity index (χ1n) is 5.62. The van der Waals surface area contributed by atoms with Gasteiger partial charge in [-0.25, -0.2) is 4.98 Å². The molecule has 0 N–H and O–H groups in total. The van der Waals surface area contributed by atoms with Gasteiger partial charge in [-0.05, 0) is 19.8 Å². The number of esters is 1. The lowest BCUT2D eigenvalue weighted by atomic mass is 10.1. The summed E-state index contributed by atoms with van der Waals surface area (Å²) in [5.41, 5.74) is 0.484. The third-order valence-electron chi connectivity index (χ3n) is 2.68. The Bertz CT molecular complexity index is 456. The van der Waals surface area contributed by atoms with Crippen LogP contribution in [0.4, 0.5) is 13.2 Å².